The highest BCUT2D eigenvalue weighted by molar-refractivity contribution is 6.13. The van der Waals surface area contributed by atoms with Gasteiger partial charge in [0.25, 0.3) is 5.91 Å². The molecule has 0 aliphatic heterocycles. The minimum absolute atomic E-state index is 0.00585. The van der Waals surface area contributed by atoms with E-state index >= 15 is 0 Å². The Morgan fingerprint density at radius 2 is 1.46 bits per heavy atom. The average Bonchev–Trinajstić information content (AvgIpc) is 2.91. The molecule has 0 radical (unpaired) electrons. The number of aromatic hydroxyl groups is 1. The molecule has 242 valence electrons. The van der Waals surface area contributed by atoms with Gasteiger partial charge in [0.2, 0.25) is 17.7 Å². The molecule has 2 N–H and O–H groups in total. The number of aromatic nitrogens is 3. The zero-order valence-corrected chi connectivity index (χ0v) is 25.6. The molecule has 2 aromatic carbocycles. The summed E-state index contributed by atoms with van der Waals surface area (Å²) in [6.45, 7) is 9.72. The molecule has 0 fully saturated rings. The van der Waals surface area contributed by atoms with E-state index in [2.05, 4.69) is 20.3 Å². The van der Waals surface area contributed by atoms with E-state index < -0.39 is 58.4 Å². The lowest BCUT2D eigenvalue weighted by Crippen LogP contribution is -2.44. The molecule has 3 amide bonds. The smallest absolute Gasteiger partial charge is 0.427 e. The van der Waals surface area contributed by atoms with Crippen molar-refractivity contribution >= 4 is 40.6 Å². The Bertz CT molecular complexity index is 1770. The number of carbonyl (C=O) groups excluding carboxylic acids is 3. The molecule has 0 saturated heterocycles. The first kappa shape index (κ1) is 33.4. The predicted molar refractivity (Wildman–Crippen MR) is 160 cm³/mol. The highest BCUT2D eigenvalue weighted by atomic mass is 19.4. The van der Waals surface area contributed by atoms with Crippen LogP contribution in [0.25, 0.3) is 10.9 Å². The minimum atomic E-state index is -4.68. The van der Waals surface area contributed by atoms with Gasteiger partial charge < -0.3 is 24.6 Å². The molecule has 0 unspecified atom stereocenters. The number of fused-ring (bicyclic) bond motifs is 1. The molecule has 0 spiro atoms. The number of hydrogen-bond donors (Lipinski definition) is 2. The summed E-state index contributed by atoms with van der Waals surface area (Å²) in [4.78, 5) is 52.0. The lowest BCUT2D eigenvalue weighted by Gasteiger charge is -2.27. The third kappa shape index (κ3) is 8.37. The number of amides is 3. The molecule has 0 atom stereocenters. The summed E-state index contributed by atoms with van der Waals surface area (Å²) < 4.78 is 55.9. The fourth-order valence-corrected chi connectivity index (χ4v) is 3.85. The summed E-state index contributed by atoms with van der Waals surface area (Å²) in [5.74, 6) is -1.83. The molecular formula is C31H30F3N5O7. The molecule has 12 nitrogen and oxygen atoms in total. The van der Waals surface area contributed by atoms with Crippen LogP contribution >= 0.6 is 0 Å². The Morgan fingerprint density at radius 1 is 0.826 bits per heavy atom. The molecule has 4 rings (SSSR count). The van der Waals surface area contributed by atoms with Crippen LogP contribution in [0.2, 0.25) is 0 Å². The maximum atomic E-state index is 13.1. The van der Waals surface area contributed by atoms with Crippen LogP contribution in [-0.4, -0.2) is 49.4 Å². The van der Waals surface area contributed by atoms with Crippen molar-refractivity contribution in [1.29, 1.82) is 0 Å². The van der Waals surface area contributed by atoms with Gasteiger partial charge in [-0.15, -0.1) is 4.90 Å². The number of benzene rings is 2. The highest BCUT2D eigenvalue weighted by Gasteiger charge is 2.35. The summed E-state index contributed by atoms with van der Waals surface area (Å²) in [5, 5.41) is 12.7. The topological polar surface area (TPSA) is 153 Å². The maximum Gasteiger partial charge on any atom is 0.427 e. The van der Waals surface area contributed by atoms with Crippen LogP contribution in [0.15, 0.2) is 60.8 Å². The Kier molecular flexibility index (Phi) is 9.08. The Labute approximate surface area is 261 Å². The number of nitrogens with zero attached hydrogens (tertiary/aromatic N) is 4. The van der Waals surface area contributed by atoms with Gasteiger partial charge in [-0.1, -0.05) is 6.07 Å². The Morgan fingerprint density at radius 3 is 2.07 bits per heavy atom. The predicted octanol–water partition coefficient (Wildman–Crippen LogP) is 7.47. The number of phenolic OH excluding ortho intramolecular Hbond substituents is 1. The van der Waals surface area contributed by atoms with Gasteiger partial charge in [-0.3, -0.25) is 4.79 Å². The zero-order chi connectivity index (χ0) is 34.0. The second-order valence-corrected chi connectivity index (χ2v) is 11.8. The third-order valence-corrected chi connectivity index (χ3v) is 5.70. The van der Waals surface area contributed by atoms with E-state index in [1.807, 2.05) is 0 Å². The largest absolute Gasteiger partial charge is 0.506 e. The standard InChI is InChI=1S/C31H30F3N5O7/c1-29(2,3)45-27(42)39(28(43)46-30(4,5)6)26-35-15-14-24(38-26)44-23-13-11-18-19(8-7-9-20(18)36-23)25(41)37-21-16-17(31(32,33)34)10-12-22(21)40/h7-16,40H,1-6H3,(H,37,41). The van der Waals surface area contributed by atoms with Gasteiger partial charge in [-0.2, -0.15) is 18.2 Å². The van der Waals surface area contributed by atoms with Gasteiger partial charge in [0, 0.05) is 29.3 Å². The average molecular weight is 642 g/mol. The van der Waals surface area contributed by atoms with E-state index in [1.165, 1.54) is 36.5 Å². The van der Waals surface area contributed by atoms with Gasteiger partial charge >= 0.3 is 18.4 Å². The lowest BCUT2D eigenvalue weighted by molar-refractivity contribution is -0.137. The molecule has 15 heteroatoms. The number of imide groups is 1. The van der Waals surface area contributed by atoms with Crippen molar-refractivity contribution in [3.8, 4) is 17.5 Å². The molecule has 0 aliphatic carbocycles. The second-order valence-electron chi connectivity index (χ2n) is 11.8. The summed E-state index contributed by atoms with van der Waals surface area (Å²) in [5.41, 5.74) is -3.04. The van der Waals surface area contributed by atoms with E-state index in [-0.39, 0.29) is 22.8 Å². The van der Waals surface area contributed by atoms with Gasteiger partial charge in [0.15, 0.2) is 0 Å². The first-order valence-electron chi connectivity index (χ1n) is 13.7. The summed E-state index contributed by atoms with van der Waals surface area (Å²) in [6, 6.07) is 10.9. The van der Waals surface area contributed by atoms with Crippen molar-refractivity contribution in [3.05, 3.63) is 71.9 Å². The summed E-state index contributed by atoms with van der Waals surface area (Å²) in [6.07, 6.45) is -5.59. The van der Waals surface area contributed by atoms with Crippen LogP contribution in [0.3, 0.4) is 0 Å². The monoisotopic (exact) mass is 641 g/mol. The Hall–Kier alpha value is -5.47. The second kappa shape index (κ2) is 12.5. The molecule has 2 aromatic heterocycles. The number of ether oxygens (including phenoxy) is 3. The van der Waals surface area contributed by atoms with Gasteiger partial charge in [0.1, 0.15) is 17.0 Å². The Balaban J connectivity index is 1.60. The molecule has 0 saturated carbocycles. The highest BCUT2D eigenvalue weighted by Crippen LogP contribution is 2.35. The van der Waals surface area contributed by atoms with E-state index in [9.17, 15) is 32.7 Å². The van der Waals surface area contributed by atoms with Crippen molar-refractivity contribution in [2.24, 2.45) is 0 Å². The molecule has 2 heterocycles. The molecule has 46 heavy (non-hydrogen) atoms. The van der Waals surface area contributed by atoms with Crippen LogP contribution in [-0.2, 0) is 15.7 Å². The lowest BCUT2D eigenvalue weighted by atomic mass is 10.1. The van der Waals surface area contributed by atoms with Crippen LogP contribution in [0.5, 0.6) is 17.5 Å². The zero-order valence-electron chi connectivity index (χ0n) is 25.6. The van der Waals surface area contributed by atoms with Crippen molar-refractivity contribution in [2.45, 2.75) is 58.9 Å². The number of alkyl halides is 3. The summed E-state index contributed by atoms with van der Waals surface area (Å²) >= 11 is 0. The maximum absolute atomic E-state index is 13.1. The first-order chi connectivity index (χ1) is 21.3. The van der Waals surface area contributed by atoms with Crippen LogP contribution in [0.4, 0.5) is 34.4 Å². The number of rotatable bonds is 5. The quantitative estimate of drug-likeness (QED) is 0.210. The first-order valence-corrected chi connectivity index (χ1v) is 13.7. The normalized spacial score (nSPS) is 11.9. The summed E-state index contributed by atoms with van der Waals surface area (Å²) in [7, 11) is 0. The number of pyridine rings is 1. The SMILES string of the molecule is CC(C)(C)OC(=O)N(C(=O)OC(C)(C)C)c1nccc(Oc2ccc3c(C(=O)Nc4cc(C(F)(F)F)ccc4O)cccc3n2)n1. The van der Waals surface area contributed by atoms with Crippen molar-refractivity contribution in [1.82, 2.24) is 15.0 Å². The number of nitrogens with one attached hydrogen (secondary N) is 1. The fraction of sp³-hybridized carbons (Fsp3) is 0.290. The van der Waals surface area contributed by atoms with E-state index in [0.29, 0.717) is 22.4 Å². The van der Waals surface area contributed by atoms with Crippen LogP contribution < -0.4 is 15.0 Å². The minimum Gasteiger partial charge on any atom is -0.506 e. The van der Waals surface area contributed by atoms with E-state index in [1.54, 1.807) is 47.6 Å². The third-order valence-electron chi connectivity index (χ3n) is 5.70. The number of anilines is 2. The van der Waals surface area contributed by atoms with Crippen LogP contribution in [0, 0.1) is 0 Å². The van der Waals surface area contributed by atoms with Crippen molar-refractivity contribution < 1.29 is 46.9 Å². The van der Waals surface area contributed by atoms with E-state index in [0.717, 1.165) is 6.07 Å². The van der Waals surface area contributed by atoms with Crippen LogP contribution in [0.1, 0.15) is 57.5 Å². The number of carbonyl (C=O) groups is 3. The van der Waals surface area contributed by atoms with E-state index in [4.69, 9.17) is 14.2 Å². The fourth-order valence-electron chi connectivity index (χ4n) is 3.85. The molecular weight excluding hydrogens is 611 g/mol. The number of phenols is 1. The molecule has 4 aromatic rings. The van der Waals surface area contributed by atoms with Gasteiger partial charge in [0.05, 0.1) is 16.8 Å². The van der Waals surface area contributed by atoms with Crippen molar-refractivity contribution in [3.63, 3.8) is 0 Å². The van der Waals surface area contributed by atoms with Gasteiger partial charge in [-0.05, 0) is 77.9 Å². The van der Waals surface area contributed by atoms with Crippen molar-refractivity contribution in [2.75, 3.05) is 10.2 Å². The number of hydrogen-bond acceptors (Lipinski definition) is 10. The molecule has 0 aliphatic rings. The van der Waals surface area contributed by atoms with Gasteiger partial charge in [-0.25, -0.2) is 19.6 Å². The molecule has 0 bridgehead atoms. The number of halogens is 3.